The fraction of sp³-hybridized carbons (Fsp3) is 0.217. The maximum Gasteiger partial charge on any atom is 0.318 e. The van der Waals surface area contributed by atoms with Crippen LogP contribution in [0, 0.1) is 13.5 Å². The van der Waals surface area contributed by atoms with E-state index in [4.69, 9.17) is 29.8 Å². The molecule has 0 aliphatic carbocycles. The van der Waals surface area contributed by atoms with Crippen molar-refractivity contribution in [3.8, 4) is 11.1 Å². The van der Waals surface area contributed by atoms with Crippen LogP contribution in [0.25, 0.3) is 26.9 Å². The van der Waals surface area contributed by atoms with Crippen molar-refractivity contribution in [3.63, 3.8) is 0 Å². The third-order valence-corrected chi connectivity index (χ3v) is 5.86. The zero-order chi connectivity index (χ0) is 22.1. The zero-order valence-electron chi connectivity index (χ0n) is 16.8. The predicted molar refractivity (Wildman–Crippen MR) is 124 cm³/mol. The summed E-state index contributed by atoms with van der Waals surface area (Å²) in [6.45, 7) is 14.2. The molecule has 1 fully saturated rings. The van der Waals surface area contributed by atoms with Crippen LogP contribution in [0.3, 0.4) is 0 Å². The summed E-state index contributed by atoms with van der Waals surface area (Å²) >= 11 is 12.6. The lowest BCUT2D eigenvalue weighted by molar-refractivity contribution is -0.127. The number of hydrogen-bond donors (Lipinski definition) is 0. The van der Waals surface area contributed by atoms with Crippen LogP contribution in [0.4, 0.5) is 5.82 Å². The molecule has 1 saturated heterocycles. The molecule has 0 radical (unpaired) electrons. The summed E-state index contributed by atoms with van der Waals surface area (Å²) in [6.07, 6.45) is 0.644. The third-order valence-electron chi connectivity index (χ3n) is 5.29. The average molecular weight is 452 g/mol. The largest absolute Gasteiger partial charge is 0.344 e. The van der Waals surface area contributed by atoms with Gasteiger partial charge < -0.3 is 4.90 Å². The fourth-order valence-electron chi connectivity index (χ4n) is 3.78. The van der Waals surface area contributed by atoms with Gasteiger partial charge >= 0.3 is 6.17 Å². The highest BCUT2D eigenvalue weighted by Crippen LogP contribution is 2.36. The van der Waals surface area contributed by atoms with Crippen molar-refractivity contribution < 1.29 is 4.79 Å². The molecular formula is C23H19Cl2N5O. The van der Waals surface area contributed by atoms with Crippen LogP contribution in [-0.2, 0) is 4.79 Å². The highest BCUT2D eigenvalue weighted by molar-refractivity contribution is 6.34. The molecule has 1 atom stereocenters. The first-order valence-electron chi connectivity index (χ1n) is 9.69. The van der Waals surface area contributed by atoms with Crippen molar-refractivity contribution in [2.24, 2.45) is 0 Å². The number of fused-ring (bicyclic) bond motifs is 1. The standard InChI is InChI=1S/C23H19Cl2N5O/c1-4-22(31)30-10-9-29(13-21(30)26-3)23-18-11-17(15-5-7-16(24)8-6-15)19(25)12-20(18)27-14(2)28-23/h4-8,11-12,21H,1,9-10,13H2,2H3. The fourth-order valence-corrected chi connectivity index (χ4v) is 4.17. The first-order valence-corrected chi connectivity index (χ1v) is 10.4. The zero-order valence-corrected chi connectivity index (χ0v) is 18.4. The summed E-state index contributed by atoms with van der Waals surface area (Å²) in [7, 11) is 0. The maximum absolute atomic E-state index is 12.1. The van der Waals surface area contributed by atoms with Crippen LogP contribution >= 0.6 is 23.2 Å². The first kappa shape index (κ1) is 21.1. The van der Waals surface area contributed by atoms with E-state index in [2.05, 4.69) is 21.4 Å². The predicted octanol–water partition coefficient (Wildman–Crippen LogP) is 4.99. The highest BCUT2D eigenvalue weighted by Gasteiger charge is 2.34. The van der Waals surface area contributed by atoms with Gasteiger partial charge in [-0.05, 0) is 42.8 Å². The Hall–Kier alpha value is -3.14. The second-order valence-corrected chi connectivity index (χ2v) is 8.09. The number of hydrogen-bond acceptors (Lipinski definition) is 4. The summed E-state index contributed by atoms with van der Waals surface area (Å²) in [6, 6.07) is 11.3. The molecule has 0 N–H and O–H groups in total. The molecule has 156 valence electrons. The van der Waals surface area contributed by atoms with Gasteiger partial charge in [0, 0.05) is 29.1 Å². The Morgan fingerprint density at radius 1 is 1.23 bits per heavy atom. The van der Waals surface area contributed by atoms with Gasteiger partial charge in [-0.3, -0.25) is 14.5 Å². The van der Waals surface area contributed by atoms with E-state index in [0.717, 1.165) is 27.8 Å². The summed E-state index contributed by atoms with van der Waals surface area (Å²) in [5, 5.41) is 2.07. The van der Waals surface area contributed by atoms with Gasteiger partial charge in [0.05, 0.1) is 10.5 Å². The number of carbonyl (C=O) groups excluding carboxylic acids is 1. The lowest BCUT2D eigenvalue weighted by atomic mass is 10.0. The summed E-state index contributed by atoms with van der Waals surface area (Å²) in [5.41, 5.74) is 2.51. The smallest absolute Gasteiger partial charge is 0.318 e. The van der Waals surface area contributed by atoms with Crippen molar-refractivity contribution in [1.82, 2.24) is 14.9 Å². The van der Waals surface area contributed by atoms with Gasteiger partial charge in [0.15, 0.2) is 0 Å². The molecule has 1 unspecified atom stereocenters. The van der Waals surface area contributed by atoms with E-state index in [0.29, 0.717) is 35.5 Å². The van der Waals surface area contributed by atoms with E-state index in [1.165, 1.54) is 6.08 Å². The SMILES string of the molecule is [C-]#[N+]C1CN(c2nc(C)nc3cc(Cl)c(-c4ccc(Cl)cc4)cc23)CCN1C(=O)C=C. The van der Waals surface area contributed by atoms with E-state index < -0.39 is 6.17 Å². The number of amides is 1. The number of nitrogens with zero attached hydrogens (tertiary/aromatic N) is 5. The lowest BCUT2D eigenvalue weighted by Crippen LogP contribution is -2.54. The number of halogens is 2. The molecule has 6 nitrogen and oxygen atoms in total. The average Bonchev–Trinajstić information content (AvgIpc) is 2.77. The number of aryl methyl sites for hydroxylation is 1. The Kier molecular flexibility index (Phi) is 5.81. The van der Waals surface area contributed by atoms with Crippen LogP contribution in [-0.4, -0.2) is 46.6 Å². The molecule has 31 heavy (non-hydrogen) atoms. The Morgan fingerprint density at radius 2 is 1.97 bits per heavy atom. The van der Waals surface area contributed by atoms with Gasteiger partial charge in [-0.2, -0.15) is 0 Å². The molecular weight excluding hydrogens is 433 g/mol. The first-order chi connectivity index (χ1) is 14.9. The Bertz CT molecular complexity index is 1220. The summed E-state index contributed by atoms with van der Waals surface area (Å²) in [5.74, 6) is 1.11. The van der Waals surface area contributed by atoms with Crippen molar-refractivity contribution in [2.45, 2.75) is 13.1 Å². The minimum absolute atomic E-state index is 0.235. The summed E-state index contributed by atoms with van der Waals surface area (Å²) in [4.78, 5) is 28.6. The van der Waals surface area contributed by atoms with E-state index in [-0.39, 0.29) is 5.91 Å². The van der Waals surface area contributed by atoms with Crippen molar-refractivity contribution in [2.75, 3.05) is 24.5 Å². The van der Waals surface area contributed by atoms with Gasteiger partial charge in [-0.1, -0.05) is 41.9 Å². The lowest BCUT2D eigenvalue weighted by Gasteiger charge is -2.35. The van der Waals surface area contributed by atoms with Gasteiger partial charge in [-0.25, -0.2) is 16.5 Å². The normalized spacial score (nSPS) is 16.3. The van der Waals surface area contributed by atoms with Crippen LogP contribution in [0.15, 0.2) is 49.1 Å². The third kappa shape index (κ3) is 4.07. The molecule has 8 heteroatoms. The van der Waals surface area contributed by atoms with Crippen LogP contribution in [0.1, 0.15) is 5.82 Å². The molecule has 2 heterocycles. The van der Waals surface area contributed by atoms with E-state index in [9.17, 15) is 4.79 Å². The highest BCUT2D eigenvalue weighted by atomic mass is 35.5. The summed E-state index contributed by atoms with van der Waals surface area (Å²) < 4.78 is 0. The van der Waals surface area contributed by atoms with Gasteiger partial charge in [-0.15, -0.1) is 0 Å². The molecule has 0 saturated carbocycles. The molecule has 4 rings (SSSR count). The molecule has 2 aromatic carbocycles. The van der Waals surface area contributed by atoms with Crippen molar-refractivity contribution in [3.05, 3.63) is 76.3 Å². The minimum atomic E-state index is -0.604. The number of carbonyl (C=O) groups is 1. The van der Waals surface area contributed by atoms with Gasteiger partial charge in [0.25, 0.3) is 5.91 Å². The second kappa shape index (κ2) is 8.54. The second-order valence-electron chi connectivity index (χ2n) is 7.24. The number of aromatic nitrogens is 2. The Labute approximate surface area is 190 Å². The van der Waals surface area contributed by atoms with Gasteiger partial charge in [0.2, 0.25) is 0 Å². The van der Waals surface area contributed by atoms with Crippen LogP contribution in [0.5, 0.6) is 0 Å². The quantitative estimate of drug-likeness (QED) is 0.415. The Balaban J connectivity index is 1.80. The molecule has 0 spiro atoms. The minimum Gasteiger partial charge on any atom is -0.344 e. The van der Waals surface area contributed by atoms with E-state index in [1.54, 1.807) is 4.90 Å². The topological polar surface area (TPSA) is 53.7 Å². The number of anilines is 1. The number of piperazine rings is 1. The van der Waals surface area contributed by atoms with Crippen LogP contribution in [0.2, 0.25) is 10.0 Å². The molecule has 1 amide bonds. The van der Waals surface area contributed by atoms with Gasteiger partial charge in [0.1, 0.15) is 18.2 Å². The Morgan fingerprint density at radius 3 is 2.65 bits per heavy atom. The number of benzene rings is 2. The maximum atomic E-state index is 12.1. The van der Waals surface area contributed by atoms with E-state index >= 15 is 0 Å². The van der Waals surface area contributed by atoms with Crippen molar-refractivity contribution >= 4 is 45.8 Å². The number of rotatable bonds is 3. The molecule has 1 aromatic heterocycles. The molecule has 1 aliphatic rings. The molecule has 0 bridgehead atoms. The molecule has 1 aliphatic heterocycles. The molecule has 3 aromatic rings. The van der Waals surface area contributed by atoms with Crippen molar-refractivity contribution in [1.29, 1.82) is 0 Å². The monoisotopic (exact) mass is 451 g/mol. The van der Waals surface area contributed by atoms with Crippen LogP contribution < -0.4 is 4.90 Å². The van der Waals surface area contributed by atoms with E-state index in [1.807, 2.05) is 48.2 Å².